The van der Waals surface area contributed by atoms with Crippen molar-refractivity contribution in [3.8, 4) is 0 Å². The highest BCUT2D eigenvalue weighted by Gasteiger charge is 2.50. The van der Waals surface area contributed by atoms with Crippen LogP contribution in [0.1, 0.15) is 32.8 Å². The standard InChI is InChI=1S/C29H35NO3Si/c1-5-25(30-28(31)32-23-24-15-9-6-10-16-24)21-22-33-34(29(2,3)4,26-17-11-7-12-18-26)27-19-13-8-14-20-27/h5-20,25H,1,21-23H2,2-4H3,(H,30,31)/t25-/m0/s1. The lowest BCUT2D eigenvalue weighted by Gasteiger charge is -2.43. The molecule has 178 valence electrons. The Morgan fingerprint density at radius 2 is 1.41 bits per heavy atom. The van der Waals surface area contributed by atoms with Crippen LogP contribution in [-0.2, 0) is 15.8 Å². The first-order chi connectivity index (χ1) is 16.4. The Morgan fingerprint density at radius 1 is 0.912 bits per heavy atom. The minimum absolute atomic E-state index is 0.0958. The molecule has 3 rings (SSSR count). The zero-order chi connectivity index (χ0) is 24.4. The van der Waals surface area contributed by atoms with Gasteiger partial charge >= 0.3 is 6.09 Å². The minimum Gasteiger partial charge on any atom is -0.445 e. The van der Waals surface area contributed by atoms with E-state index in [2.05, 4.69) is 81.2 Å². The van der Waals surface area contributed by atoms with E-state index in [4.69, 9.17) is 9.16 Å². The number of amides is 1. The smallest absolute Gasteiger partial charge is 0.407 e. The Hall–Kier alpha value is -3.15. The molecule has 0 fully saturated rings. The first-order valence-electron chi connectivity index (χ1n) is 11.7. The Kier molecular flexibility index (Phi) is 8.85. The van der Waals surface area contributed by atoms with E-state index in [1.54, 1.807) is 6.08 Å². The summed E-state index contributed by atoms with van der Waals surface area (Å²) in [4.78, 5) is 12.3. The van der Waals surface area contributed by atoms with Gasteiger partial charge in [0.15, 0.2) is 0 Å². The number of carbonyl (C=O) groups excluding carboxylic acids is 1. The molecule has 3 aromatic carbocycles. The first-order valence-corrected chi connectivity index (χ1v) is 13.6. The number of ether oxygens (including phenoxy) is 1. The van der Waals surface area contributed by atoms with Gasteiger partial charge in [-0.3, -0.25) is 0 Å². The normalized spacial score (nSPS) is 12.6. The van der Waals surface area contributed by atoms with Gasteiger partial charge in [0.05, 0.1) is 6.04 Å². The number of carbonyl (C=O) groups is 1. The molecule has 0 bridgehead atoms. The molecule has 0 aromatic heterocycles. The summed E-state index contributed by atoms with van der Waals surface area (Å²) < 4.78 is 12.3. The highest BCUT2D eigenvalue weighted by molar-refractivity contribution is 6.99. The Bertz CT molecular complexity index is 994. The van der Waals surface area contributed by atoms with E-state index in [9.17, 15) is 4.79 Å². The summed E-state index contributed by atoms with van der Waals surface area (Å²) in [6.07, 6.45) is 1.88. The molecule has 5 heteroatoms. The number of benzene rings is 3. The summed E-state index contributed by atoms with van der Waals surface area (Å²) in [5, 5.41) is 5.27. The molecule has 1 N–H and O–H groups in total. The fraction of sp³-hybridized carbons (Fsp3) is 0.276. The summed E-state index contributed by atoms with van der Waals surface area (Å²) in [7, 11) is -2.61. The van der Waals surface area contributed by atoms with Gasteiger partial charge in [0.1, 0.15) is 6.61 Å². The molecule has 0 aliphatic rings. The van der Waals surface area contributed by atoms with Crippen LogP contribution in [-0.4, -0.2) is 27.1 Å². The fourth-order valence-electron chi connectivity index (χ4n) is 4.27. The largest absolute Gasteiger partial charge is 0.445 e. The van der Waals surface area contributed by atoms with Crippen LogP contribution in [0.25, 0.3) is 0 Å². The molecular formula is C29H35NO3Si. The molecule has 0 saturated carbocycles. The van der Waals surface area contributed by atoms with Crippen LogP contribution in [0.2, 0.25) is 5.04 Å². The Labute approximate surface area is 204 Å². The minimum atomic E-state index is -2.61. The second kappa shape index (κ2) is 11.8. The van der Waals surface area contributed by atoms with Crippen molar-refractivity contribution in [2.45, 2.75) is 44.9 Å². The van der Waals surface area contributed by atoms with Gasteiger partial charge in [-0.1, -0.05) is 118 Å². The molecule has 4 nitrogen and oxygen atoms in total. The topological polar surface area (TPSA) is 47.6 Å². The summed E-state index contributed by atoms with van der Waals surface area (Å²) in [5.41, 5.74) is 0.947. The lowest BCUT2D eigenvalue weighted by molar-refractivity contribution is 0.136. The van der Waals surface area contributed by atoms with Crippen molar-refractivity contribution in [3.05, 3.63) is 109 Å². The molecular weight excluding hydrogens is 438 g/mol. The number of rotatable bonds is 10. The van der Waals surface area contributed by atoms with Crippen molar-refractivity contribution in [3.63, 3.8) is 0 Å². The summed E-state index contributed by atoms with van der Waals surface area (Å²) in [5.74, 6) is 0. The molecule has 0 saturated heterocycles. The second-order valence-electron chi connectivity index (χ2n) is 9.35. The van der Waals surface area contributed by atoms with Crippen LogP contribution in [0.3, 0.4) is 0 Å². The Balaban J connectivity index is 1.71. The summed E-state index contributed by atoms with van der Waals surface area (Å²) in [6.45, 7) is 11.4. The van der Waals surface area contributed by atoms with E-state index in [1.807, 2.05) is 42.5 Å². The average molecular weight is 474 g/mol. The highest BCUT2D eigenvalue weighted by Crippen LogP contribution is 2.36. The van der Waals surface area contributed by atoms with E-state index in [-0.39, 0.29) is 17.7 Å². The zero-order valence-electron chi connectivity index (χ0n) is 20.4. The van der Waals surface area contributed by atoms with E-state index in [0.717, 1.165) is 5.56 Å². The number of alkyl carbamates (subject to hydrolysis) is 1. The number of hydrogen-bond acceptors (Lipinski definition) is 3. The predicted molar refractivity (Wildman–Crippen MR) is 142 cm³/mol. The maximum atomic E-state index is 12.3. The molecule has 0 aliphatic heterocycles. The second-order valence-corrected chi connectivity index (χ2v) is 13.7. The molecule has 34 heavy (non-hydrogen) atoms. The van der Waals surface area contributed by atoms with E-state index in [0.29, 0.717) is 13.0 Å². The van der Waals surface area contributed by atoms with Crippen LogP contribution in [0.5, 0.6) is 0 Å². The zero-order valence-corrected chi connectivity index (χ0v) is 21.4. The van der Waals surface area contributed by atoms with E-state index < -0.39 is 14.4 Å². The molecule has 0 radical (unpaired) electrons. The van der Waals surface area contributed by atoms with Crippen LogP contribution in [0, 0.1) is 0 Å². The van der Waals surface area contributed by atoms with Gasteiger partial charge in [0, 0.05) is 6.61 Å². The Morgan fingerprint density at radius 3 is 1.88 bits per heavy atom. The van der Waals surface area contributed by atoms with Crippen molar-refractivity contribution < 1.29 is 14.0 Å². The molecule has 0 spiro atoms. The maximum absolute atomic E-state index is 12.3. The van der Waals surface area contributed by atoms with E-state index in [1.165, 1.54) is 10.4 Å². The molecule has 3 aromatic rings. The quantitative estimate of drug-likeness (QED) is 0.315. The lowest BCUT2D eigenvalue weighted by atomic mass is 10.2. The van der Waals surface area contributed by atoms with Gasteiger partial charge in [-0.25, -0.2) is 4.79 Å². The summed E-state index contributed by atoms with van der Waals surface area (Å²) in [6, 6.07) is 30.5. The number of hydrogen-bond donors (Lipinski definition) is 1. The monoisotopic (exact) mass is 473 g/mol. The van der Waals surface area contributed by atoms with Crippen molar-refractivity contribution in [2.75, 3.05) is 6.61 Å². The van der Waals surface area contributed by atoms with E-state index >= 15 is 0 Å². The van der Waals surface area contributed by atoms with Gasteiger partial charge in [-0.05, 0) is 27.4 Å². The van der Waals surface area contributed by atoms with Crippen molar-refractivity contribution in [1.82, 2.24) is 5.32 Å². The van der Waals surface area contributed by atoms with Crippen molar-refractivity contribution in [2.24, 2.45) is 0 Å². The van der Waals surface area contributed by atoms with Crippen molar-refractivity contribution >= 4 is 24.8 Å². The number of nitrogens with one attached hydrogen (secondary N) is 1. The maximum Gasteiger partial charge on any atom is 0.407 e. The molecule has 0 aliphatic carbocycles. The van der Waals surface area contributed by atoms with Gasteiger partial charge < -0.3 is 14.5 Å². The highest BCUT2D eigenvalue weighted by atomic mass is 28.4. The molecule has 1 atom stereocenters. The molecule has 0 unspecified atom stereocenters. The lowest BCUT2D eigenvalue weighted by Crippen LogP contribution is -2.66. The molecule has 0 heterocycles. The third kappa shape index (κ3) is 6.25. The SMILES string of the molecule is C=C[C@@H](CCO[Si](c1ccccc1)(c1ccccc1)C(C)(C)C)NC(=O)OCc1ccccc1. The van der Waals surface area contributed by atoms with Crippen molar-refractivity contribution in [1.29, 1.82) is 0 Å². The van der Waals surface area contributed by atoms with Gasteiger partial charge in [-0.2, -0.15) is 0 Å². The third-order valence-electron chi connectivity index (χ3n) is 5.96. The fourth-order valence-corrected chi connectivity index (χ4v) is 8.85. The molecule has 1 amide bonds. The van der Waals surface area contributed by atoms with Crippen LogP contribution in [0.15, 0.2) is 104 Å². The van der Waals surface area contributed by atoms with Gasteiger partial charge in [-0.15, -0.1) is 6.58 Å². The van der Waals surface area contributed by atoms with Crippen LogP contribution in [0.4, 0.5) is 4.79 Å². The average Bonchev–Trinajstić information content (AvgIpc) is 2.85. The van der Waals surface area contributed by atoms with Gasteiger partial charge in [0.2, 0.25) is 0 Å². The third-order valence-corrected chi connectivity index (χ3v) is 11.0. The van der Waals surface area contributed by atoms with Crippen LogP contribution >= 0.6 is 0 Å². The van der Waals surface area contributed by atoms with Crippen LogP contribution < -0.4 is 15.7 Å². The van der Waals surface area contributed by atoms with Gasteiger partial charge in [0.25, 0.3) is 8.32 Å². The predicted octanol–water partition coefficient (Wildman–Crippen LogP) is 5.43. The first kappa shape index (κ1) is 25.5. The summed E-state index contributed by atoms with van der Waals surface area (Å²) >= 11 is 0.